The molecule has 19 heavy (non-hydrogen) atoms. The third-order valence-corrected chi connectivity index (χ3v) is 4.49. The molecule has 94 valence electrons. The van der Waals surface area contributed by atoms with Crippen molar-refractivity contribution >= 4 is 51.3 Å². The number of hydrogen-bond acceptors (Lipinski definition) is 4. The number of rotatable bonds is 3. The van der Waals surface area contributed by atoms with Gasteiger partial charge in [0.25, 0.3) is 0 Å². The molecule has 3 rings (SSSR count). The van der Waals surface area contributed by atoms with Gasteiger partial charge in [0.1, 0.15) is 0 Å². The van der Waals surface area contributed by atoms with Gasteiger partial charge in [0.15, 0.2) is 4.34 Å². The van der Waals surface area contributed by atoms with Crippen LogP contribution in [0.4, 0.5) is 0 Å². The quantitative estimate of drug-likeness (QED) is 0.498. The fourth-order valence-electron chi connectivity index (χ4n) is 1.57. The Morgan fingerprint density at radius 1 is 1.11 bits per heavy atom. The first-order valence-corrected chi connectivity index (χ1v) is 7.59. The predicted octanol–water partition coefficient (Wildman–Crippen LogP) is 5.08. The highest BCUT2D eigenvalue weighted by atomic mass is 35.5. The summed E-state index contributed by atoms with van der Waals surface area (Å²) in [5, 5.41) is 0.732. The number of benzene rings is 2. The Morgan fingerprint density at radius 2 is 1.89 bits per heavy atom. The molecule has 1 aromatic heterocycles. The number of hydrogen-bond donors (Lipinski definition) is 0. The average molecular weight is 305 g/mol. The van der Waals surface area contributed by atoms with Crippen molar-refractivity contribution in [3.8, 4) is 0 Å². The summed E-state index contributed by atoms with van der Waals surface area (Å²) >= 11 is 8.87. The van der Waals surface area contributed by atoms with Crippen molar-refractivity contribution in [2.75, 3.05) is 0 Å². The second kappa shape index (κ2) is 5.74. The van der Waals surface area contributed by atoms with Gasteiger partial charge in [-0.2, -0.15) is 0 Å². The number of aromatic nitrogens is 1. The van der Waals surface area contributed by atoms with Gasteiger partial charge in [-0.25, -0.2) is 9.38 Å². The first-order chi connectivity index (χ1) is 9.31. The van der Waals surface area contributed by atoms with Gasteiger partial charge in [-0.1, -0.05) is 35.9 Å². The Bertz CT molecular complexity index is 687. The van der Waals surface area contributed by atoms with E-state index in [1.54, 1.807) is 11.3 Å². The topological polar surface area (TPSA) is 25.2 Å². The van der Waals surface area contributed by atoms with Crippen molar-refractivity contribution < 1.29 is 0 Å². The molecule has 0 spiro atoms. The molecule has 2 nitrogen and oxygen atoms in total. The molecule has 0 saturated heterocycles. The molecule has 0 saturated carbocycles. The van der Waals surface area contributed by atoms with Crippen LogP contribution in [-0.2, 0) is 0 Å². The Kier molecular flexibility index (Phi) is 3.82. The Balaban J connectivity index is 1.73. The molecule has 0 unspecified atom stereocenters. The molecular formula is C14H9ClN2S2. The van der Waals surface area contributed by atoms with E-state index in [4.69, 9.17) is 11.6 Å². The van der Waals surface area contributed by atoms with E-state index < -0.39 is 0 Å². The molecule has 0 fully saturated rings. The van der Waals surface area contributed by atoms with Gasteiger partial charge in [-0.3, -0.25) is 0 Å². The second-order valence-corrected chi connectivity index (χ2v) is 6.33. The van der Waals surface area contributed by atoms with Crippen LogP contribution in [0.15, 0.2) is 57.3 Å². The van der Waals surface area contributed by atoms with E-state index >= 15 is 0 Å². The third-order valence-electron chi connectivity index (χ3n) is 2.48. The summed E-state index contributed by atoms with van der Waals surface area (Å²) in [4.78, 5) is 4.50. The van der Waals surface area contributed by atoms with Crippen molar-refractivity contribution in [2.24, 2.45) is 4.40 Å². The number of para-hydroxylation sites is 1. The van der Waals surface area contributed by atoms with E-state index in [9.17, 15) is 0 Å². The maximum atomic E-state index is 5.83. The summed E-state index contributed by atoms with van der Waals surface area (Å²) in [5.41, 5.74) is 2.05. The number of halogens is 1. The van der Waals surface area contributed by atoms with Crippen molar-refractivity contribution in [1.82, 2.24) is 4.98 Å². The highest BCUT2D eigenvalue weighted by molar-refractivity contribution is 8.00. The van der Waals surface area contributed by atoms with Crippen LogP contribution in [0.1, 0.15) is 5.56 Å². The highest BCUT2D eigenvalue weighted by Gasteiger charge is 2.02. The molecule has 0 amide bonds. The first-order valence-electron chi connectivity index (χ1n) is 5.63. The maximum absolute atomic E-state index is 5.83. The summed E-state index contributed by atoms with van der Waals surface area (Å²) < 4.78 is 6.47. The largest absolute Gasteiger partial charge is 0.228 e. The van der Waals surface area contributed by atoms with Crippen molar-refractivity contribution in [3.63, 3.8) is 0 Å². The monoisotopic (exact) mass is 304 g/mol. The molecule has 3 aromatic rings. The molecule has 0 aliphatic rings. The van der Waals surface area contributed by atoms with Gasteiger partial charge in [0.05, 0.1) is 10.2 Å². The van der Waals surface area contributed by atoms with E-state index in [-0.39, 0.29) is 0 Å². The normalized spacial score (nSPS) is 11.4. The Morgan fingerprint density at radius 3 is 2.68 bits per heavy atom. The lowest BCUT2D eigenvalue weighted by molar-refractivity contribution is 1.30. The minimum atomic E-state index is 0.732. The fraction of sp³-hybridized carbons (Fsp3) is 0. The molecule has 5 heteroatoms. The zero-order valence-corrected chi connectivity index (χ0v) is 12.2. The van der Waals surface area contributed by atoms with E-state index in [0.717, 1.165) is 20.4 Å². The molecule has 0 radical (unpaired) electrons. The van der Waals surface area contributed by atoms with Gasteiger partial charge in [-0.05, 0) is 29.8 Å². The summed E-state index contributed by atoms with van der Waals surface area (Å²) in [6.45, 7) is 0. The molecule has 1 heterocycles. The lowest BCUT2D eigenvalue weighted by atomic mass is 10.2. The molecule has 0 aliphatic carbocycles. The van der Waals surface area contributed by atoms with Crippen LogP contribution < -0.4 is 0 Å². The second-order valence-electron chi connectivity index (χ2n) is 3.82. The minimum Gasteiger partial charge on any atom is -0.228 e. The van der Waals surface area contributed by atoms with Gasteiger partial charge < -0.3 is 0 Å². The summed E-state index contributed by atoms with van der Waals surface area (Å²) in [6, 6.07) is 15.7. The van der Waals surface area contributed by atoms with Gasteiger partial charge in [0, 0.05) is 23.2 Å². The third kappa shape index (κ3) is 3.15. The zero-order valence-electron chi connectivity index (χ0n) is 9.79. The van der Waals surface area contributed by atoms with Gasteiger partial charge in [0.2, 0.25) is 0 Å². The summed E-state index contributed by atoms with van der Waals surface area (Å²) in [5.74, 6) is 0. The number of fused-ring (bicyclic) bond motifs is 1. The Labute approximate surface area is 124 Å². The van der Waals surface area contributed by atoms with Gasteiger partial charge >= 0.3 is 0 Å². The summed E-state index contributed by atoms with van der Waals surface area (Å²) in [7, 11) is 0. The number of thiazole rings is 1. The van der Waals surface area contributed by atoms with Crippen LogP contribution >= 0.6 is 34.9 Å². The smallest absolute Gasteiger partial charge is 0.173 e. The van der Waals surface area contributed by atoms with Crippen LogP contribution in [0.25, 0.3) is 10.2 Å². The molecule has 0 aliphatic heterocycles. The SMILES string of the molecule is Clc1ccc(/C=N/Sc2nc3ccccc3s2)cc1. The van der Waals surface area contributed by atoms with Crippen LogP contribution in [-0.4, -0.2) is 11.2 Å². The van der Waals surface area contributed by atoms with E-state index in [2.05, 4.69) is 15.4 Å². The lowest BCUT2D eigenvalue weighted by Crippen LogP contribution is -1.77. The fourth-order valence-corrected chi connectivity index (χ4v) is 3.35. The highest BCUT2D eigenvalue weighted by Crippen LogP contribution is 2.29. The van der Waals surface area contributed by atoms with E-state index in [0.29, 0.717) is 0 Å². The zero-order chi connectivity index (χ0) is 13.1. The molecule has 2 aromatic carbocycles. The van der Waals surface area contributed by atoms with Crippen LogP contribution in [0.3, 0.4) is 0 Å². The minimum absolute atomic E-state index is 0.732. The van der Waals surface area contributed by atoms with Gasteiger partial charge in [-0.15, -0.1) is 11.3 Å². The first kappa shape index (κ1) is 12.7. The average Bonchev–Trinajstić information content (AvgIpc) is 2.83. The number of nitrogens with zero attached hydrogens (tertiary/aromatic N) is 2. The molecular weight excluding hydrogens is 296 g/mol. The van der Waals surface area contributed by atoms with E-state index in [1.807, 2.05) is 48.7 Å². The molecule has 0 N–H and O–H groups in total. The predicted molar refractivity (Wildman–Crippen MR) is 84.5 cm³/mol. The van der Waals surface area contributed by atoms with Crippen molar-refractivity contribution in [3.05, 3.63) is 59.1 Å². The van der Waals surface area contributed by atoms with Crippen LogP contribution in [0.5, 0.6) is 0 Å². The van der Waals surface area contributed by atoms with E-state index in [1.165, 1.54) is 16.6 Å². The van der Waals surface area contributed by atoms with Crippen molar-refractivity contribution in [1.29, 1.82) is 0 Å². The molecule has 0 bridgehead atoms. The molecule has 0 atom stereocenters. The summed E-state index contributed by atoms with van der Waals surface area (Å²) in [6.07, 6.45) is 1.81. The Hall–Kier alpha value is -1.36. The van der Waals surface area contributed by atoms with Crippen LogP contribution in [0.2, 0.25) is 5.02 Å². The maximum Gasteiger partial charge on any atom is 0.173 e. The van der Waals surface area contributed by atoms with Crippen LogP contribution in [0, 0.1) is 0 Å². The lowest BCUT2D eigenvalue weighted by Gasteiger charge is -1.92. The standard InChI is InChI=1S/C14H9ClN2S2/c15-11-7-5-10(6-8-11)9-16-19-14-17-12-3-1-2-4-13(12)18-14/h1-9H/b16-9+. The van der Waals surface area contributed by atoms with Crippen molar-refractivity contribution in [2.45, 2.75) is 4.34 Å².